The van der Waals surface area contributed by atoms with E-state index < -0.39 is 6.10 Å². The molecule has 96 valence electrons. The molecule has 0 aliphatic carbocycles. The van der Waals surface area contributed by atoms with Gasteiger partial charge in [0.1, 0.15) is 6.10 Å². The number of nitrogens with zero attached hydrogens (tertiary/aromatic N) is 1. The molecule has 0 bridgehead atoms. The summed E-state index contributed by atoms with van der Waals surface area (Å²) in [6.07, 6.45) is 5.30. The second-order valence-electron chi connectivity index (χ2n) is 4.19. The fourth-order valence-electron chi connectivity index (χ4n) is 1.89. The number of carbonyl (C=O) groups is 1. The second-order valence-corrected chi connectivity index (χ2v) is 4.19. The highest BCUT2D eigenvalue weighted by atomic mass is 16.3. The molecule has 0 heterocycles. The fourth-order valence-corrected chi connectivity index (χ4v) is 1.89. The molecule has 0 aliphatic heterocycles. The van der Waals surface area contributed by atoms with Crippen LogP contribution >= 0.6 is 0 Å². The number of amides is 1. The van der Waals surface area contributed by atoms with Crippen molar-refractivity contribution in [1.29, 1.82) is 0 Å². The first-order chi connectivity index (χ1) is 8.61. The summed E-state index contributed by atoms with van der Waals surface area (Å²) in [6, 6.07) is 8.87. The third-order valence-electron chi connectivity index (χ3n) is 3.03. The lowest BCUT2D eigenvalue weighted by molar-refractivity contribution is -0.134. The largest absolute Gasteiger partial charge is 0.386 e. The van der Waals surface area contributed by atoms with Gasteiger partial charge in [-0.2, -0.15) is 0 Å². The highest BCUT2D eigenvalue weighted by Crippen LogP contribution is 2.22. The van der Waals surface area contributed by atoms with Crippen LogP contribution in [0.1, 0.15) is 31.4 Å². The molecule has 0 saturated heterocycles. The van der Waals surface area contributed by atoms with E-state index >= 15 is 0 Å². The van der Waals surface area contributed by atoms with E-state index in [4.69, 9.17) is 6.42 Å². The van der Waals surface area contributed by atoms with Gasteiger partial charge in [0.25, 0.3) is 0 Å². The van der Waals surface area contributed by atoms with Gasteiger partial charge >= 0.3 is 0 Å². The van der Waals surface area contributed by atoms with Crippen molar-refractivity contribution in [2.75, 3.05) is 7.05 Å². The first kappa shape index (κ1) is 14.3. The number of terminal acetylenes is 1. The standard InChI is InChI=1S/C15H19NO2/c1-4-9-13(16(3)14(17)5-2)15(18)12-10-7-6-8-11-12/h1,6-8,10-11,13,15,18H,5,9H2,2-3H3/t13?,15-/m0/s1. The molecule has 3 nitrogen and oxygen atoms in total. The van der Waals surface area contributed by atoms with Crippen LogP contribution in [0.25, 0.3) is 0 Å². The zero-order chi connectivity index (χ0) is 13.5. The van der Waals surface area contributed by atoms with Crippen LogP contribution in [0.5, 0.6) is 0 Å². The highest BCUT2D eigenvalue weighted by Gasteiger charge is 2.26. The van der Waals surface area contributed by atoms with Gasteiger partial charge in [-0.15, -0.1) is 12.3 Å². The van der Waals surface area contributed by atoms with Gasteiger partial charge < -0.3 is 10.0 Å². The van der Waals surface area contributed by atoms with Crippen LogP contribution in [0, 0.1) is 12.3 Å². The molecule has 18 heavy (non-hydrogen) atoms. The minimum atomic E-state index is -0.761. The van der Waals surface area contributed by atoms with Crippen molar-refractivity contribution in [2.45, 2.75) is 31.9 Å². The minimum Gasteiger partial charge on any atom is -0.386 e. The Kier molecular flexibility index (Phi) is 5.41. The SMILES string of the molecule is C#CCC([C@@H](O)c1ccccc1)N(C)C(=O)CC. The molecule has 1 rings (SSSR count). The zero-order valence-electron chi connectivity index (χ0n) is 10.8. The van der Waals surface area contributed by atoms with E-state index in [9.17, 15) is 9.90 Å². The Morgan fingerprint density at radius 3 is 2.56 bits per heavy atom. The molecule has 3 heteroatoms. The predicted octanol–water partition coefficient (Wildman–Crippen LogP) is 1.98. The number of rotatable bonds is 5. The van der Waals surface area contributed by atoms with Crippen LogP contribution in [-0.4, -0.2) is 29.0 Å². The van der Waals surface area contributed by atoms with E-state index in [0.29, 0.717) is 12.8 Å². The molecule has 2 atom stereocenters. The van der Waals surface area contributed by atoms with Gasteiger partial charge in [-0.05, 0) is 5.56 Å². The maximum absolute atomic E-state index is 11.7. The molecule has 1 N–H and O–H groups in total. The summed E-state index contributed by atoms with van der Waals surface area (Å²) >= 11 is 0. The lowest BCUT2D eigenvalue weighted by Crippen LogP contribution is -2.40. The topological polar surface area (TPSA) is 40.5 Å². The smallest absolute Gasteiger partial charge is 0.222 e. The van der Waals surface area contributed by atoms with Crippen molar-refractivity contribution in [1.82, 2.24) is 4.90 Å². The molecule has 0 aliphatic rings. The maximum atomic E-state index is 11.7. The summed E-state index contributed by atoms with van der Waals surface area (Å²) in [5.74, 6) is 2.50. The minimum absolute atomic E-state index is 0.0229. The van der Waals surface area contributed by atoms with Crippen LogP contribution in [-0.2, 0) is 4.79 Å². The molecule has 1 aromatic rings. The zero-order valence-corrected chi connectivity index (χ0v) is 10.8. The summed E-state index contributed by atoms with van der Waals surface area (Å²) < 4.78 is 0. The van der Waals surface area contributed by atoms with E-state index in [-0.39, 0.29) is 11.9 Å². The molecule has 1 unspecified atom stereocenters. The van der Waals surface area contributed by atoms with Crippen molar-refractivity contribution in [3.8, 4) is 12.3 Å². The van der Waals surface area contributed by atoms with Crippen molar-refractivity contribution in [3.05, 3.63) is 35.9 Å². The molecular weight excluding hydrogens is 226 g/mol. The van der Waals surface area contributed by atoms with Crippen LogP contribution in [0.4, 0.5) is 0 Å². The average Bonchev–Trinajstić information content (AvgIpc) is 2.43. The number of hydrogen-bond acceptors (Lipinski definition) is 2. The van der Waals surface area contributed by atoms with E-state index in [1.54, 1.807) is 14.0 Å². The lowest BCUT2D eigenvalue weighted by atomic mass is 9.98. The van der Waals surface area contributed by atoms with Crippen molar-refractivity contribution in [2.24, 2.45) is 0 Å². The quantitative estimate of drug-likeness (QED) is 0.806. The fraction of sp³-hybridized carbons (Fsp3) is 0.400. The van der Waals surface area contributed by atoms with E-state index in [0.717, 1.165) is 5.56 Å². The van der Waals surface area contributed by atoms with Crippen LogP contribution in [0.3, 0.4) is 0 Å². The molecule has 0 spiro atoms. The van der Waals surface area contributed by atoms with Gasteiger partial charge in [-0.1, -0.05) is 37.3 Å². The van der Waals surface area contributed by atoms with Crippen LogP contribution in [0.2, 0.25) is 0 Å². The van der Waals surface area contributed by atoms with Gasteiger partial charge in [-0.3, -0.25) is 4.79 Å². The second kappa shape index (κ2) is 6.83. The summed E-state index contributed by atoms with van der Waals surface area (Å²) in [6.45, 7) is 1.79. The first-order valence-corrected chi connectivity index (χ1v) is 6.04. The van der Waals surface area contributed by atoms with E-state index in [1.165, 1.54) is 4.90 Å². The number of hydrogen-bond donors (Lipinski definition) is 1. The molecule has 1 amide bonds. The molecule has 0 saturated carbocycles. The number of aliphatic hydroxyl groups excluding tert-OH is 1. The Bertz CT molecular complexity index is 422. The Morgan fingerprint density at radius 2 is 2.06 bits per heavy atom. The van der Waals surface area contributed by atoms with Gasteiger partial charge in [0.2, 0.25) is 5.91 Å². The normalized spacial score (nSPS) is 13.4. The summed E-state index contributed by atoms with van der Waals surface area (Å²) in [7, 11) is 1.68. The van der Waals surface area contributed by atoms with Crippen LogP contribution in [0.15, 0.2) is 30.3 Å². The Hall–Kier alpha value is -1.79. The number of benzene rings is 1. The number of likely N-dealkylation sites (N-methyl/N-ethyl adjacent to an activating group) is 1. The first-order valence-electron chi connectivity index (χ1n) is 6.04. The van der Waals surface area contributed by atoms with Crippen molar-refractivity contribution >= 4 is 5.91 Å². The monoisotopic (exact) mass is 245 g/mol. The molecule has 0 fully saturated rings. The Morgan fingerprint density at radius 1 is 1.44 bits per heavy atom. The molecule has 1 aromatic carbocycles. The summed E-state index contributed by atoms with van der Waals surface area (Å²) in [5.41, 5.74) is 0.772. The van der Waals surface area contributed by atoms with Crippen LogP contribution < -0.4 is 0 Å². The van der Waals surface area contributed by atoms with Gasteiger partial charge in [0.15, 0.2) is 0 Å². The van der Waals surface area contributed by atoms with Crippen molar-refractivity contribution < 1.29 is 9.90 Å². The third kappa shape index (κ3) is 3.35. The summed E-state index contributed by atoms with van der Waals surface area (Å²) in [4.78, 5) is 13.2. The van der Waals surface area contributed by atoms with E-state index in [2.05, 4.69) is 5.92 Å². The van der Waals surface area contributed by atoms with E-state index in [1.807, 2.05) is 30.3 Å². The van der Waals surface area contributed by atoms with Gasteiger partial charge in [-0.25, -0.2) is 0 Å². The maximum Gasteiger partial charge on any atom is 0.222 e. The lowest BCUT2D eigenvalue weighted by Gasteiger charge is -2.30. The average molecular weight is 245 g/mol. The Labute approximate surface area is 108 Å². The highest BCUT2D eigenvalue weighted by molar-refractivity contribution is 5.76. The van der Waals surface area contributed by atoms with Crippen molar-refractivity contribution in [3.63, 3.8) is 0 Å². The number of aliphatic hydroxyl groups is 1. The predicted molar refractivity (Wildman–Crippen MR) is 71.7 cm³/mol. The third-order valence-corrected chi connectivity index (χ3v) is 3.03. The van der Waals surface area contributed by atoms with Gasteiger partial charge in [0.05, 0.1) is 6.04 Å². The molecule has 0 aromatic heterocycles. The number of carbonyl (C=O) groups excluding carboxylic acids is 1. The molecular formula is C15H19NO2. The Balaban J connectivity index is 2.92. The molecule has 0 radical (unpaired) electrons. The van der Waals surface area contributed by atoms with Gasteiger partial charge in [0, 0.05) is 19.9 Å². The summed E-state index contributed by atoms with van der Waals surface area (Å²) in [5, 5.41) is 10.3.